The van der Waals surface area contributed by atoms with E-state index in [-0.39, 0.29) is 25.8 Å². The Bertz CT molecular complexity index is 1100. The fourth-order valence-electron chi connectivity index (χ4n) is 2.50. The van der Waals surface area contributed by atoms with E-state index >= 15 is 0 Å². The van der Waals surface area contributed by atoms with Crippen molar-refractivity contribution in [2.75, 3.05) is 5.32 Å². The van der Waals surface area contributed by atoms with E-state index in [4.69, 9.17) is 5.14 Å². The summed E-state index contributed by atoms with van der Waals surface area (Å²) in [6, 6.07) is 24.0. The molecule has 0 saturated heterocycles. The number of anilines is 1. The van der Waals surface area contributed by atoms with Crippen LogP contribution in [0.4, 0.5) is 5.69 Å². The summed E-state index contributed by atoms with van der Waals surface area (Å²) in [7, 11) is -3.66. The first kappa shape index (κ1) is 21.0. The molecule has 0 atom stereocenters. The third kappa shape index (κ3) is 6.69. The van der Waals surface area contributed by atoms with Crippen LogP contribution in [0.3, 0.4) is 0 Å². The normalized spacial score (nSPS) is 11.5. The van der Waals surface area contributed by atoms with Gasteiger partial charge in [0.1, 0.15) is 0 Å². The Morgan fingerprint density at radius 3 is 2.21 bits per heavy atom. The monoisotopic (exact) mass is 472 g/mol. The Hall–Kier alpha value is -2.70. The van der Waals surface area contributed by atoms with Crippen LogP contribution >= 0.6 is 0 Å². The van der Waals surface area contributed by atoms with Gasteiger partial charge in [0.2, 0.25) is 0 Å². The van der Waals surface area contributed by atoms with Crippen molar-refractivity contribution in [2.24, 2.45) is 5.14 Å². The first-order chi connectivity index (χ1) is 13.9. The van der Waals surface area contributed by atoms with Gasteiger partial charge in [0.25, 0.3) is 0 Å². The van der Waals surface area contributed by atoms with Gasteiger partial charge in [0.05, 0.1) is 0 Å². The molecular formula is C22H20N2O3SSe. The van der Waals surface area contributed by atoms with Crippen LogP contribution in [0.1, 0.15) is 11.1 Å². The minimum absolute atomic E-state index is 0.121. The summed E-state index contributed by atoms with van der Waals surface area (Å²) in [6.45, 7) is 0. The van der Waals surface area contributed by atoms with Gasteiger partial charge in [-0.3, -0.25) is 0 Å². The molecule has 3 N–H and O–H groups in total. The summed E-state index contributed by atoms with van der Waals surface area (Å²) in [5.74, 6) is -0.179. The van der Waals surface area contributed by atoms with Crippen molar-refractivity contribution in [3.8, 4) is 0 Å². The van der Waals surface area contributed by atoms with E-state index in [0.29, 0.717) is 0 Å². The van der Waals surface area contributed by atoms with Gasteiger partial charge in [-0.05, 0) is 0 Å². The van der Waals surface area contributed by atoms with Crippen molar-refractivity contribution in [2.45, 2.75) is 10.2 Å². The molecule has 0 aromatic heterocycles. The van der Waals surface area contributed by atoms with Gasteiger partial charge in [-0.1, -0.05) is 0 Å². The number of carbonyl (C=O) groups excluding carboxylic acids is 1. The molecule has 3 aromatic carbocycles. The van der Waals surface area contributed by atoms with Gasteiger partial charge >= 0.3 is 177 Å². The third-order valence-electron chi connectivity index (χ3n) is 4.01. The second-order valence-electron chi connectivity index (χ2n) is 6.24. The average Bonchev–Trinajstić information content (AvgIpc) is 2.72. The van der Waals surface area contributed by atoms with E-state index < -0.39 is 10.0 Å². The molecule has 148 valence electrons. The molecule has 3 aromatic rings. The standard InChI is InChI=1S/C22H20N2O3SSe/c23-28(26,27)20-11-6-18(7-12-20)16-29-21-13-9-19(10-14-21)24-22(25)15-8-17-4-2-1-3-5-17/h1-15H,16H2,(H,24,25)(H2,23,26,27)/b15-8+. The molecule has 0 spiro atoms. The average molecular weight is 471 g/mol. The van der Waals surface area contributed by atoms with Gasteiger partial charge in [-0.15, -0.1) is 0 Å². The summed E-state index contributed by atoms with van der Waals surface area (Å²) in [6.07, 6.45) is 3.28. The maximum atomic E-state index is 12.0. The molecule has 0 radical (unpaired) electrons. The predicted molar refractivity (Wildman–Crippen MR) is 117 cm³/mol. The molecule has 0 aliphatic carbocycles. The van der Waals surface area contributed by atoms with Gasteiger partial charge in [-0.25, -0.2) is 0 Å². The van der Waals surface area contributed by atoms with Crippen molar-refractivity contribution in [1.82, 2.24) is 0 Å². The summed E-state index contributed by atoms with van der Waals surface area (Å²) < 4.78 is 23.8. The molecule has 29 heavy (non-hydrogen) atoms. The second-order valence-corrected chi connectivity index (χ2v) is 10.00. The third-order valence-corrected chi connectivity index (χ3v) is 7.21. The van der Waals surface area contributed by atoms with E-state index in [0.717, 1.165) is 22.1 Å². The molecule has 0 fully saturated rings. The predicted octanol–water partition coefficient (Wildman–Crippen LogP) is 2.52. The van der Waals surface area contributed by atoms with Crippen LogP contribution in [-0.4, -0.2) is 29.3 Å². The van der Waals surface area contributed by atoms with Crippen LogP contribution < -0.4 is 14.9 Å². The van der Waals surface area contributed by atoms with Gasteiger partial charge in [-0.2, -0.15) is 0 Å². The fourth-order valence-corrected chi connectivity index (χ4v) is 4.80. The Kier molecular flexibility index (Phi) is 7.01. The molecule has 5 nitrogen and oxygen atoms in total. The number of rotatable bonds is 7. The summed E-state index contributed by atoms with van der Waals surface area (Å²) >= 11 is 0.193. The van der Waals surface area contributed by atoms with Crippen molar-refractivity contribution >= 4 is 47.1 Å². The zero-order chi connectivity index (χ0) is 20.7. The number of nitrogens with two attached hydrogens (primary N) is 1. The summed E-state index contributed by atoms with van der Waals surface area (Å²) in [5, 5.41) is 8.79. The van der Waals surface area contributed by atoms with Crippen molar-refractivity contribution < 1.29 is 13.2 Å². The molecular weight excluding hydrogens is 451 g/mol. The number of carbonyl (C=O) groups is 1. The number of amides is 1. The SMILES string of the molecule is NS(=O)(=O)c1ccc(C[Se]c2ccc(NC(=O)/C=C/c3ccccc3)cc2)cc1. The topological polar surface area (TPSA) is 89.3 Å². The van der Waals surface area contributed by atoms with Crippen LogP contribution in [-0.2, 0) is 20.1 Å². The minimum atomic E-state index is -3.66. The number of benzene rings is 3. The van der Waals surface area contributed by atoms with Gasteiger partial charge in [0, 0.05) is 0 Å². The van der Waals surface area contributed by atoms with E-state index in [2.05, 4.69) is 5.32 Å². The number of primary sulfonamides is 1. The van der Waals surface area contributed by atoms with Crippen LogP contribution in [0, 0.1) is 0 Å². The Balaban J connectivity index is 1.52. The van der Waals surface area contributed by atoms with Crippen LogP contribution in [0.5, 0.6) is 0 Å². The van der Waals surface area contributed by atoms with E-state index in [1.54, 1.807) is 18.2 Å². The fraction of sp³-hybridized carbons (Fsp3) is 0.0455. The molecule has 0 aliphatic heterocycles. The molecule has 0 bridgehead atoms. The van der Waals surface area contributed by atoms with Crippen molar-refractivity contribution in [1.29, 1.82) is 0 Å². The van der Waals surface area contributed by atoms with Gasteiger partial charge < -0.3 is 0 Å². The Morgan fingerprint density at radius 1 is 0.931 bits per heavy atom. The van der Waals surface area contributed by atoms with Crippen LogP contribution in [0.25, 0.3) is 6.08 Å². The van der Waals surface area contributed by atoms with E-state index in [1.807, 2.05) is 54.6 Å². The molecule has 7 heteroatoms. The molecule has 0 saturated carbocycles. The molecule has 0 heterocycles. The number of nitrogens with one attached hydrogen (secondary N) is 1. The zero-order valence-electron chi connectivity index (χ0n) is 15.5. The van der Waals surface area contributed by atoms with E-state index in [1.165, 1.54) is 22.7 Å². The van der Waals surface area contributed by atoms with Crippen molar-refractivity contribution in [3.05, 3.63) is 96.1 Å². The molecule has 0 unspecified atom stereocenters. The first-order valence-corrected chi connectivity index (χ1v) is 12.4. The molecule has 0 aliphatic rings. The maximum absolute atomic E-state index is 12.0. The second kappa shape index (κ2) is 9.67. The van der Waals surface area contributed by atoms with Crippen LogP contribution in [0.15, 0.2) is 89.8 Å². The van der Waals surface area contributed by atoms with Gasteiger partial charge in [0.15, 0.2) is 0 Å². The summed E-state index contributed by atoms with van der Waals surface area (Å²) in [5.41, 5.74) is 2.77. The molecule has 1 amide bonds. The molecule has 3 rings (SSSR count). The quantitative estimate of drug-likeness (QED) is 0.410. The van der Waals surface area contributed by atoms with Crippen molar-refractivity contribution in [3.63, 3.8) is 0 Å². The van der Waals surface area contributed by atoms with Crippen LogP contribution in [0.2, 0.25) is 0 Å². The zero-order valence-corrected chi connectivity index (χ0v) is 18.0. The van der Waals surface area contributed by atoms with E-state index in [9.17, 15) is 13.2 Å². The summed E-state index contributed by atoms with van der Waals surface area (Å²) in [4.78, 5) is 12.2. The number of hydrogen-bond acceptors (Lipinski definition) is 3. The first-order valence-electron chi connectivity index (χ1n) is 8.79. The Morgan fingerprint density at radius 2 is 1.59 bits per heavy atom. The Labute approximate surface area is 176 Å². The number of sulfonamides is 1. The number of hydrogen-bond donors (Lipinski definition) is 2.